The van der Waals surface area contributed by atoms with Gasteiger partial charge in [-0.1, -0.05) is 6.07 Å². The largest absolute Gasteiger partial charge is 0.391 e. The molecular weight excluding hydrogens is 159 g/mol. The van der Waals surface area contributed by atoms with Crippen LogP contribution in [0.15, 0.2) is 18.3 Å². The number of nitrogens with zero attached hydrogens (tertiary/aromatic N) is 1. The van der Waals surface area contributed by atoms with Gasteiger partial charge in [0.05, 0.1) is 12.1 Å². The topological polar surface area (TPSA) is 59.1 Å². The molecule has 0 saturated carbocycles. The third-order valence-corrected chi connectivity index (χ3v) is 1.65. The fraction of sp³-hybridized carbons (Fsp3) is 0.375. The van der Waals surface area contributed by atoms with E-state index in [9.17, 15) is 4.39 Å². The van der Waals surface area contributed by atoms with Gasteiger partial charge < -0.3 is 10.8 Å². The molecule has 1 aromatic rings. The third-order valence-electron chi connectivity index (χ3n) is 1.65. The number of hydrogen-bond donors (Lipinski definition) is 2. The van der Waals surface area contributed by atoms with Crippen molar-refractivity contribution in [3.63, 3.8) is 0 Å². The van der Waals surface area contributed by atoms with E-state index in [0.717, 1.165) is 0 Å². The molecule has 0 radical (unpaired) electrons. The van der Waals surface area contributed by atoms with Crippen LogP contribution in [0.2, 0.25) is 0 Å². The lowest BCUT2D eigenvalue weighted by Crippen LogP contribution is -2.23. The summed E-state index contributed by atoms with van der Waals surface area (Å²) in [5.74, 6) is -0.545. The zero-order valence-electron chi connectivity index (χ0n) is 6.74. The molecule has 1 heterocycles. The van der Waals surface area contributed by atoms with Crippen LogP contribution in [0.25, 0.3) is 0 Å². The smallest absolute Gasteiger partial charge is 0.212 e. The fourth-order valence-corrected chi connectivity index (χ4v) is 0.863. The lowest BCUT2D eigenvalue weighted by atomic mass is 10.1. The number of pyridine rings is 1. The number of nitrogens with two attached hydrogens (primary N) is 1. The highest BCUT2D eigenvalue weighted by Crippen LogP contribution is 2.12. The van der Waals surface area contributed by atoms with Gasteiger partial charge in [-0.15, -0.1) is 0 Å². The molecule has 0 aliphatic carbocycles. The first kappa shape index (κ1) is 9.09. The lowest BCUT2D eigenvalue weighted by Gasteiger charge is -2.13. The number of hydrogen-bond acceptors (Lipinski definition) is 3. The lowest BCUT2D eigenvalue weighted by molar-refractivity contribution is 0.164. The third kappa shape index (κ3) is 1.99. The second-order valence-corrected chi connectivity index (χ2v) is 2.68. The fourth-order valence-electron chi connectivity index (χ4n) is 0.863. The molecule has 12 heavy (non-hydrogen) atoms. The summed E-state index contributed by atoms with van der Waals surface area (Å²) < 4.78 is 12.3. The monoisotopic (exact) mass is 170 g/mol. The van der Waals surface area contributed by atoms with Gasteiger partial charge in [0.1, 0.15) is 0 Å². The van der Waals surface area contributed by atoms with Gasteiger partial charge in [-0.2, -0.15) is 4.39 Å². The molecule has 3 N–H and O–H groups in total. The molecule has 0 amide bonds. The Balaban J connectivity index is 2.82. The van der Waals surface area contributed by atoms with E-state index in [-0.39, 0.29) is 0 Å². The van der Waals surface area contributed by atoms with Crippen LogP contribution in [-0.4, -0.2) is 16.2 Å². The summed E-state index contributed by atoms with van der Waals surface area (Å²) >= 11 is 0. The van der Waals surface area contributed by atoms with Crippen LogP contribution in [0.5, 0.6) is 0 Å². The predicted molar refractivity (Wildman–Crippen MR) is 42.8 cm³/mol. The van der Waals surface area contributed by atoms with Gasteiger partial charge in [0.15, 0.2) is 0 Å². The molecule has 0 aliphatic rings. The SMILES string of the molecule is CC(O)C(N)c1ccc(F)nc1. The number of aliphatic hydroxyl groups is 1. The number of aromatic nitrogens is 1. The van der Waals surface area contributed by atoms with E-state index < -0.39 is 18.1 Å². The molecule has 4 heteroatoms. The molecule has 0 bridgehead atoms. The van der Waals surface area contributed by atoms with Crippen molar-refractivity contribution in [3.05, 3.63) is 29.8 Å². The minimum Gasteiger partial charge on any atom is -0.391 e. The normalized spacial score (nSPS) is 15.7. The zero-order valence-corrected chi connectivity index (χ0v) is 6.74. The summed E-state index contributed by atoms with van der Waals surface area (Å²) in [5.41, 5.74) is 6.21. The first-order valence-electron chi connectivity index (χ1n) is 3.66. The minimum absolute atomic E-state index is 0.502. The van der Waals surface area contributed by atoms with Crippen LogP contribution in [0.4, 0.5) is 4.39 Å². The van der Waals surface area contributed by atoms with Crippen molar-refractivity contribution in [2.75, 3.05) is 0 Å². The highest BCUT2D eigenvalue weighted by molar-refractivity contribution is 5.14. The second kappa shape index (κ2) is 3.60. The molecule has 0 aliphatic heterocycles. The van der Waals surface area contributed by atoms with E-state index in [1.807, 2.05) is 0 Å². The Labute approximate surface area is 70.0 Å². The molecule has 66 valence electrons. The van der Waals surface area contributed by atoms with Crippen LogP contribution in [-0.2, 0) is 0 Å². The van der Waals surface area contributed by atoms with Crippen molar-refractivity contribution in [3.8, 4) is 0 Å². The van der Waals surface area contributed by atoms with Gasteiger partial charge in [0.25, 0.3) is 0 Å². The molecule has 2 unspecified atom stereocenters. The Morgan fingerprint density at radius 1 is 1.58 bits per heavy atom. The van der Waals surface area contributed by atoms with E-state index >= 15 is 0 Å². The van der Waals surface area contributed by atoms with Crippen molar-refractivity contribution in [1.82, 2.24) is 4.98 Å². The van der Waals surface area contributed by atoms with Crippen LogP contribution < -0.4 is 5.73 Å². The Bertz CT molecular complexity index is 248. The number of aliphatic hydroxyl groups excluding tert-OH is 1. The van der Waals surface area contributed by atoms with Gasteiger partial charge >= 0.3 is 0 Å². The average molecular weight is 170 g/mol. The number of halogens is 1. The van der Waals surface area contributed by atoms with Crippen LogP contribution in [0, 0.1) is 5.95 Å². The Morgan fingerprint density at radius 3 is 2.67 bits per heavy atom. The predicted octanol–water partition coefficient (Wildman–Crippen LogP) is 0.601. The summed E-state index contributed by atoms with van der Waals surface area (Å²) in [5, 5.41) is 9.10. The quantitative estimate of drug-likeness (QED) is 0.639. The standard InChI is InChI=1S/C8H11FN2O/c1-5(12)8(10)6-2-3-7(9)11-4-6/h2-5,8,12H,10H2,1H3. The Kier molecular flexibility index (Phi) is 2.73. The Morgan fingerprint density at radius 2 is 2.25 bits per heavy atom. The van der Waals surface area contributed by atoms with Gasteiger partial charge in [-0.3, -0.25) is 0 Å². The van der Waals surface area contributed by atoms with E-state index in [2.05, 4.69) is 4.98 Å². The van der Waals surface area contributed by atoms with E-state index in [1.165, 1.54) is 18.3 Å². The molecule has 0 fully saturated rings. The van der Waals surface area contributed by atoms with Gasteiger partial charge in [0.2, 0.25) is 5.95 Å². The summed E-state index contributed by atoms with van der Waals surface area (Å²) in [6, 6.07) is 2.23. The Hall–Kier alpha value is -1.00. The zero-order chi connectivity index (χ0) is 9.14. The average Bonchev–Trinajstić information content (AvgIpc) is 2.04. The molecule has 2 atom stereocenters. The first-order chi connectivity index (χ1) is 5.61. The first-order valence-corrected chi connectivity index (χ1v) is 3.66. The van der Waals surface area contributed by atoms with Crippen molar-refractivity contribution in [2.45, 2.75) is 19.1 Å². The summed E-state index contributed by atoms with van der Waals surface area (Å²) in [4.78, 5) is 3.42. The van der Waals surface area contributed by atoms with Gasteiger partial charge in [-0.05, 0) is 18.6 Å². The molecular formula is C8H11FN2O. The maximum atomic E-state index is 12.3. The molecule has 3 nitrogen and oxygen atoms in total. The van der Waals surface area contributed by atoms with Gasteiger partial charge in [0, 0.05) is 6.20 Å². The van der Waals surface area contributed by atoms with Crippen molar-refractivity contribution in [2.24, 2.45) is 5.73 Å². The molecule has 0 aromatic carbocycles. The maximum absolute atomic E-state index is 12.3. The van der Waals surface area contributed by atoms with E-state index in [1.54, 1.807) is 6.92 Å². The van der Waals surface area contributed by atoms with Crippen molar-refractivity contribution >= 4 is 0 Å². The summed E-state index contributed by atoms with van der Waals surface area (Å²) in [6.07, 6.45) is 0.671. The molecule has 1 aromatic heterocycles. The molecule has 0 saturated heterocycles. The van der Waals surface area contributed by atoms with Crippen LogP contribution in [0.3, 0.4) is 0 Å². The maximum Gasteiger partial charge on any atom is 0.212 e. The van der Waals surface area contributed by atoms with Crippen LogP contribution >= 0.6 is 0 Å². The van der Waals surface area contributed by atoms with E-state index in [4.69, 9.17) is 10.8 Å². The second-order valence-electron chi connectivity index (χ2n) is 2.68. The van der Waals surface area contributed by atoms with Crippen molar-refractivity contribution < 1.29 is 9.50 Å². The van der Waals surface area contributed by atoms with Crippen LogP contribution in [0.1, 0.15) is 18.5 Å². The molecule has 0 spiro atoms. The van der Waals surface area contributed by atoms with Gasteiger partial charge in [-0.25, -0.2) is 4.98 Å². The molecule has 1 rings (SSSR count). The number of rotatable bonds is 2. The van der Waals surface area contributed by atoms with Crippen molar-refractivity contribution in [1.29, 1.82) is 0 Å². The summed E-state index contributed by atoms with van der Waals surface area (Å²) in [7, 11) is 0. The minimum atomic E-state index is -0.655. The highest BCUT2D eigenvalue weighted by atomic mass is 19.1. The highest BCUT2D eigenvalue weighted by Gasteiger charge is 2.11. The summed E-state index contributed by atoms with van der Waals surface area (Å²) in [6.45, 7) is 1.58. The van der Waals surface area contributed by atoms with E-state index in [0.29, 0.717) is 5.56 Å².